The van der Waals surface area contributed by atoms with Gasteiger partial charge in [0.25, 0.3) is 5.91 Å². The zero-order chi connectivity index (χ0) is 15.1. The maximum Gasteiger partial charge on any atom is 0.251 e. The zero-order valence-corrected chi connectivity index (χ0v) is 11.4. The van der Waals surface area contributed by atoms with Gasteiger partial charge in [-0.1, -0.05) is 30.3 Å². The second-order valence-electron chi connectivity index (χ2n) is 4.44. The summed E-state index contributed by atoms with van der Waals surface area (Å²) < 4.78 is 0. The second-order valence-corrected chi connectivity index (χ2v) is 4.44. The highest BCUT2D eigenvalue weighted by Crippen LogP contribution is 2.21. The van der Waals surface area contributed by atoms with Gasteiger partial charge in [0.15, 0.2) is 0 Å². The van der Waals surface area contributed by atoms with Crippen LogP contribution >= 0.6 is 0 Å². The summed E-state index contributed by atoms with van der Waals surface area (Å²) in [5, 5.41) is 14.8. The average molecular weight is 284 g/mol. The number of benzene rings is 2. The van der Waals surface area contributed by atoms with E-state index in [4.69, 9.17) is 0 Å². The molecule has 0 aliphatic heterocycles. The van der Waals surface area contributed by atoms with Crippen molar-refractivity contribution in [3.8, 4) is 5.75 Å². The SMILES string of the molecule is O=C(CCNC(=O)c1ccccc1)Nc1ccccc1O. The molecule has 2 amide bonds. The van der Waals surface area contributed by atoms with Crippen LogP contribution in [0.5, 0.6) is 5.75 Å². The van der Waals surface area contributed by atoms with Crippen molar-refractivity contribution in [3.05, 3.63) is 60.2 Å². The van der Waals surface area contributed by atoms with Crippen LogP contribution in [-0.4, -0.2) is 23.5 Å². The lowest BCUT2D eigenvalue weighted by Gasteiger charge is -2.08. The van der Waals surface area contributed by atoms with E-state index in [1.165, 1.54) is 6.07 Å². The summed E-state index contributed by atoms with van der Waals surface area (Å²) >= 11 is 0. The largest absolute Gasteiger partial charge is 0.506 e. The fourth-order valence-electron chi connectivity index (χ4n) is 1.77. The minimum absolute atomic E-state index is 0.0131. The molecule has 0 aliphatic rings. The molecular weight excluding hydrogens is 268 g/mol. The number of anilines is 1. The van der Waals surface area contributed by atoms with Gasteiger partial charge < -0.3 is 15.7 Å². The third kappa shape index (κ3) is 4.35. The van der Waals surface area contributed by atoms with Gasteiger partial charge in [-0.05, 0) is 24.3 Å². The van der Waals surface area contributed by atoms with Gasteiger partial charge in [0.2, 0.25) is 5.91 Å². The Labute approximate surface area is 122 Å². The molecule has 0 bridgehead atoms. The predicted molar refractivity (Wildman–Crippen MR) is 80.1 cm³/mol. The fourth-order valence-corrected chi connectivity index (χ4v) is 1.77. The summed E-state index contributed by atoms with van der Waals surface area (Å²) in [5.41, 5.74) is 0.912. The molecule has 0 spiro atoms. The van der Waals surface area contributed by atoms with Gasteiger partial charge in [0, 0.05) is 18.5 Å². The van der Waals surface area contributed by atoms with Gasteiger partial charge in [0.1, 0.15) is 5.75 Å². The number of amides is 2. The maximum absolute atomic E-state index is 11.8. The minimum Gasteiger partial charge on any atom is -0.506 e. The monoisotopic (exact) mass is 284 g/mol. The van der Waals surface area contributed by atoms with E-state index in [1.54, 1.807) is 42.5 Å². The summed E-state index contributed by atoms with van der Waals surface area (Å²) in [6, 6.07) is 15.3. The number of phenolic OH excluding ortho intramolecular Hbond substituents is 1. The Morgan fingerprint density at radius 1 is 0.952 bits per heavy atom. The Morgan fingerprint density at radius 2 is 1.62 bits per heavy atom. The molecule has 0 unspecified atom stereocenters. The van der Waals surface area contributed by atoms with E-state index in [1.807, 2.05) is 6.07 Å². The third-order valence-corrected chi connectivity index (χ3v) is 2.85. The Kier molecular flexibility index (Phi) is 4.93. The van der Waals surface area contributed by atoms with E-state index in [0.29, 0.717) is 11.3 Å². The van der Waals surface area contributed by atoms with Gasteiger partial charge in [-0.2, -0.15) is 0 Å². The Bertz CT molecular complexity index is 626. The average Bonchev–Trinajstić information content (AvgIpc) is 2.50. The van der Waals surface area contributed by atoms with E-state index < -0.39 is 0 Å². The highest BCUT2D eigenvalue weighted by Gasteiger charge is 2.07. The Balaban J connectivity index is 1.77. The first-order chi connectivity index (χ1) is 10.2. The molecule has 2 aromatic carbocycles. The molecule has 108 valence electrons. The highest BCUT2D eigenvalue weighted by atomic mass is 16.3. The second kappa shape index (κ2) is 7.09. The van der Waals surface area contributed by atoms with Crippen LogP contribution in [0.15, 0.2) is 54.6 Å². The quantitative estimate of drug-likeness (QED) is 0.736. The summed E-state index contributed by atoms with van der Waals surface area (Å²) in [6.45, 7) is 0.229. The number of aromatic hydroxyl groups is 1. The molecule has 0 saturated carbocycles. The number of para-hydroxylation sites is 2. The van der Waals surface area contributed by atoms with Gasteiger partial charge >= 0.3 is 0 Å². The van der Waals surface area contributed by atoms with Crippen LogP contribution in [0.3, 0.4) is 0 Å². The third-order valence-electron chi connectivity index (χ3n) is 2.85. The molecule has 5 heteroatoms. The molecule has 2 aromatic rings. The summed E-state index contributed by atoms with van der Waals surface area (Å²) in [6.07, 6.45) is 0.132. The topological polar surface area (TPSA) is 78.4 Å². The predicted octanol–water partition coefficient (Wildman–Crippen LogP) is 2.15. The molecule has 0 radical (unpaired) electrons. The number of carbonyl (C=O) groups is 2. The van der Waals surface area contributed by atoms with Crippen LogP contribution in [0, 0.1) is 0 Å². The van der Waals surface area contributed by atoms with Crippen LogP contribution < -0.4 is 10.6 Å². The molecule has 0 aromatic heterocycles. The smallest absolute Gasteiger partial charge is 0.251 e. The molecule has 0 fully saturated rings. The van der Waals surface area contributed by atoms with Crippen molar-refractivity contribution in [3.63, 3.8) is 0 Å². The number of nitrogens with one attached hydrogen (secondary N) is 2. The van der Waals surface area contributed by atoms with Crippen molar-refractivity contribution in [1.82, 2.24) is 5.32 Å². The van der Waals surface area contributed by atoms with E-state index in [2.05, 4.69) is 10.6 Å². The van der Waals surface area contributed by atoms with Crippen molar-refractivity contribution in [1.29, 1.82) is 0 Å². The molecule has 2 rings (SSSR count). The van der Waals surface area contributed by atoms with Crippen LogP contribution in [-0.2, 0) is 4.79 Å². The Morgan fingerprint density at radius 3 is 2.33 bits per heavy atom. The molecule has 0 heterocycles. The van der Waals surface area contributed by atoms with Crippen LogP contribution in [0.25, 0.3) is 0 Å². The van der Waals surface area contributed by atoms with Gasteiger partial charge in [-0.15, -0.1) is 0 Å². The first kappa shape index (κ1) is 14.6. The number of hydrogen-bond donors (Lipinski definition) is 3. The Hall–Kier alpha value is -2.82. The van der Waals surface area contributed by atoms with Gasteiger partial charge in [-0.25, -0.2) is 0 Å². The maximum atomic E-state index is 11.8. The van der Waals surface area contributed by atoms with Gasteiger partial charge in [-0.3, -0.25) is 9.59 Å². The molecule has 5 nitrogen and oxygen atoms in total. The van der Waals surface area contributed by atoms with E-state index in [0.717, 1.165) is 0 Å². The summed E-state index contributed by atoms with van der Waals surface area (Å²) in [4.78, 5) is 23.5. The molecule has 0 saturated heterocycles. The summed E-state index contributed by atoms with van der Waals surface area (Å²) in [7, 11) is 0. The molecule has 21 heavy (non-hydrogen) atoms. The number of rotatable bonds is 5. The molecule has 0 atom stereocenters. The van der Waals surface area contributed by atoms with Crippen molar-refractivity contribution in [2.24, 2.45) is 0 Å². The first-order valence-electron chi connectivity index (χ1n) is 6.58. The number of carbonyl (C=O) groups excluding carboxylic acids is 2. The molecular formula is C16H16N2O3. The minimum atomic E-state index is -0.273. The van der Waals surface area contributed by atoms with E-state index in [9.17, 15) is 14.7 Å². The van der Waals surface area contributed by atoms with Crippen molar-refractivity contribution >= 4 is 17.5 Å². The van der Waals surface area contributed by atoms with Crippen LogP contribution in [0.1, 0.15) is 16.8 Å². The standard InChI is InChI=1S/C16H16N2O3/c19-14-9-5-4-8-13(14)18-15(20)10-11-17-16(21)12-6-2-1-3-7-12/h1-9,19H,10-11H2,(H,17,21)(H,18,20). The van der Waals surface area contributed by atoms with Gasteiger partial charge in [0.05, 0.1) is 5.69 Å². The zero-order valence-electron chi connectivity index (χ0n) is 11.4. The van der Waals surface area contributed by atoms with Crippen molar-refractivity contribution < 1.29 is 14.7 Å². The van der Waals surface area contributed by atoms with Crippen LogP contribution in [0.4, 0.5) is 5.69 Å². The summed E-state index contributed by atoms with van der Waals surface area (Å²) in [5.74, 6) is -0.477. The normalized spacial score (nSPS) is 9.90. The lowest BCUT2D eigenvalue weighted by molar-refractivity contribution is -0.116. The van der Waals surface area contributed by atoms with Crippen molar-refractivity contribution in [2.45, 2.75) is 6.42 Å². The lowest BCUT2D eigenvalue weighted by atomic mass is 10.2. The molecule has 0 aliphatic carbocycles. The highest BCUT2D eigenvalue weighted by molar-refractivity contribution is 5.95. The van der Waals surface area contributed by atoms with E-state index >= 15 is 0 Å². The number of hydrogen-bond acceptors (Lipinski definition) is 3. The van der Waals surface area contributed by atoms with E-state index in [-0.39, 0.29) is 30.5 Å². The molecule has 3 N–H and O–H groups in total. The number of phenols is 1. The first-order valence-corrected chi connectivity index (χ1v) is 6.58. The lowest BCUT2D eigenvalue weighted by Crippen LogP contribution is -2.27. The van der Waals surface area contributed by atoms with Crippen LogP contribution in [0.2, 0.25) is 0 Å². The fraction of sp³-hybridized carbons (Fsp3) is 0.125. The van der Waals surface area contributed by atoms with Crippen molar-refractivity contribution in [2.75, 3.05) is 11.9 Å².